The predicted octanol–water partition coefficient (Wildman–Crippen LogP) is 1.80. The quantitative estimate of drug-likeness (QED) is 0.515. The van der Waals surface area contributed by atoms with Gasteiger partial charge in [-0.2, -0.15) is 0 Å². The fraction of sp³-hybridized carbons (Fsp3) is 0.833. The standard InChI is InChI=1S/C12H18O3/c1-7(2)10-8-4-5-12(10,9(13)6-8)11(14)15-3/h7-8,10H,4-6H2,1-3H3/t8-,10?,12-/m1/s1. The zero-order chi connectivity index (χ0) is 11.2. The van der Waals surface area contributed by atoms with Gasteiger partial charge in [-0.3, -0.25) is 9.59 Å². The van der Waals surface area contributed by atoms with Crippen molar-refractivity contribution in [3.05, 3.63) is 0 Å². The lowest BCUT2D eigenvalue weighted by Gasteiger charge is -2.29. The average Bonchev–Trinajstić information content (AvgIpc) is 2.69. The molecule has 0 aromatic heterocycles. The van der Waals surface area contributed by atoms with E-state index in [1.54, 1.807) is 0 Å². The maximum atomic E-state index is 12.0. The number of hydrogen-bond acceptors (Lipinski definition) is 3. The average molecular weight is 210 g/mol. The third kappa shape index (κ3) is 1.18. The van der Waals surface area contributed by atoms with Gasteiger partial charge in [0.1, 0.15) is 5.41 Å². The van der Waals surface area contributed by atoms with Crippen LogP contribution in [0.3, 0.4) is 0 Å². The first-order valence-corrected chi connectivity index (χ1v) is 5.65. The molecular formula is C12H18O3. The molecule has 1 unspecified atom stereocenters. The van der Waals surface area contributed by atoms with Gasteiger partial charge >= 0.3 is 5.97 Å². The molecule has 2 aliphatic rings. The van der Waals surface area contributed by atoms with Crippen LogP contribution in [0.15, 0.2) is 0 Å². The summed E-state index contributed by atoms with van der Waals surface area (Å²) in [5.41, 5.74) is -0.784. The number of carbonyl (C=O) groups excluding carboxylic acids is 2. The van der Waals surface area contributed by atoms with Gasteiger partial charge in [0.15, 0.2) is 5.78 Å². The second kappa shape index (κ2) is 3.32. The molecule has 0 spiro atoms. The number of esters is 1. The summed E-state index contributed by atoms with van der Waals surface area (Å²) >= 11 is 0. The third-order valence-corrected chi connectivity index (χ3v) is 4.20. The van der Waals surface area contributed by atoms with Gasteiger partial charge in [-0.25, -0.2) is 0 Å². The highest BCUT2D eigenvalue weighted by Gasteiger charge is 2.64. The van der Waals surface area contributed by atoms with Gasteiger partial charge in [0.05, 0.1) is 7.11 Å². The van der Waals surface area contributed by atoms with E-state index in [1.807, 2.05) is 0 Å². The summed E-state index contributed by atoms with van der Waals surface area (Å²) in [6.07, 6.45) is 2.29. The van der Waals surface area contributed by atoms with Crippen molar-refractivity contribution < 1.29 is 14.3 Å². The molecule has 2 fully saturated rings. The molecule has 0 aliphatic heterocycles. The summed E-state index contributed by atoms with van der Waals surface area (Å²) in [5, 5.41) is 0. The lowest BCUT2D eigenvalue weighted by Crippen LogP contribution is -2.41. The van der Waals surface area contributed by atoms with Crippen LogP contribution < -0.4 is 0 Å². The molecule has 0 amide bonds. The van der Waals surface area contributed by atoms with Gasteiger partial charge in [0, 0.05) is 6.42 Å². The summed E-state index contributed by atoms with van der Waals surface area (Å²) in [5.74, 6) is 0.813. The van der Waals surface area contributed by atoms with Crippen LogP contribution in [0.4, 0.5) is 0 Å². The van der Waals surface area contributed by atoms with E-state index < -0.39 is 5.41 Å². The molecule has 0 heterocycles. The van der Waals surface area contributed by atoms with Crippen LogP contribution in [0, 0.1) is 23.2 Å². The molecule has 15 heavy (non-hydrogen) atoms. The Morgan fingerprint density at radius 1 is 1.53 bits per heavy atom. The molecule has 2 bridgehead atoms. The number of carbonyl (C=O) groups is 2. The summed E-state index contributed by atoms with van der Waals surface area (Å²) in [6, 6.07) is 0. The largest absolute Gasteiger partial charge is 0.468 e. The first-order chi connectivity index (χ1) is 7.04. The Hall–Kier alpha value is -0.860. The number of hydrogen-bond donors (Lipinski definition) is 0. The SMILES string of the molecule is COC(=O)[C@]12CC[C@H](CC1=O)C2C(C)C. The van der Waals surface area contributed by atoms with Crippen LogP contribution >= 0.6 is 0 Å². The molecule has 2 aliphatic carbocycles. The second-order valence-corrected chi connectivity index (χ2v) is 5.16. The molecule has 2 rings (SSSR count). The Morgan fingerprint density at radius 2 is 2.20 bits per heavy atom. The van der Waals surface area contributed by atoms with E-state index >= 15 is 0 Å². The van der Waals surface area contributed by atoms with Crippen LogP contribution in [0.5, 0.6) is 0 Å². The Morgan fingerprint density at radius 3 is 2.67 bits per heavy atom. The van der Waals surface area contributed by atoms with Crippen LogP contribution in [0.1, 0.15) is 33.1 Å². The van der Waals surface area contributed by atoms with Crippen molar-refractivity contribution >= 4 is 11.8 Å². The van der Waals surface area contributed by atoms with E-state index in [9.17, 15) is 9.59 Å². The molecule has 2 saturated carbocycles. The van der Waals surface area contributed by atoms with Crippen LogP contribution in [0.25, 0.3) is 0 Å². The highest BCUT2D eigenvalue weighted by molar-refractivity contribution is 6.06. The van der Waals surface area contributed by atoms with E-state index in [-0.39, 0.29) is 17.7 Å². The smallest absolute Gasteiger partial charge is 0.319 e. The first-order valence-electron chi connectivity index (χ1n) is 5.65. The van der Waals surface area contributed by atoms with E-state index in [0.717, 1.165) is 6.42 Å². The van der Waals surface area contributed by atoms with Crippen molar-refractivity contribution in [3.8, 4) is 0 Å². The number of Topliss-reactive ketones (excluding diaryl/α,β-unsaturated/α-hetero) is 1. The lowest BCUT2D eigenvalue weighted by molar-refractivity contribution is -0.159. The Kier molecular flexibility index (Phi) is 2.36. The van der Waals surface area contributed by atoms with Crippen LogP contribution in [-0.2, 0) is 14.3 Å². The number of rotatable bonds is 2. The van der Waals surface area contributed by atoms with E-state index in [1.165, 1.54) is 7.11 Å². The van der Waals surface area contributed by atoms with E-state index in [2.05, 4.69) is 13.8 Å². The van der Waals surface area contributed by atoms with Crippen molar-refractivity contribution in [2.75, 3.05) is 7.11 Å². The zero-order valence-electron chi connectivity index (χ0n) is 9.58. The van der Waals surface area contributed by atoms with E-state index in [0.29, 0.717) is 24.7 Å². The summed E-state index contributed by atoms with van der Waals surface area (Å²) in [4.78, 5) is 23.8. The summed E-state index contributed by atoms with van der Waals surface area (Å²) < 4.78 is 4.85. The molecule has 3 heteroatoms. The van der Waals surface area contributed by atoms with E-state index in [4.69, 9.17) is 4.74 Å². The van der Waals surface area contributed by atoms with Crippen molar-refractivity contribution in [2.24, 2.45) is 23.2 Å². The Balaban J connectivity index is 2.41. The third-order valence-electron chi connectivity index (χ3n) is 4.20. The van der Waals surface area contributed by atoms with Crippen molar-refractivity contribution in [2.45, 2.75) is 33.1 Å². The minimum Gasteiger partial charge on any atom is -0.468 e. The maximum absolute atomic E-state index is 12.0. The van der Waals surface area contributed by atoms with Crippen molar-refractivity contribution in [1.82, 2.24) is 0 Å². The Labute approximate surface area is 90.2 Å². The molecule has 0 saturated heterocycles. The second-order valence-electron chi connectivity index (χ2n) is 5.16. The van der Waals surface area contributed by atoms with Crippen LogP contribution in [-0.4, -0.2) is 18.9 Å². The maximum Gasteiger partial charge on any atom is 0.319 e. The molecule has 3 nitrogen and oxygen atoms in total. The molecular weight excluding hydrogens is 192 g/mol. The minimum atomic E-state index is -0.784. The molecule has 84 valence electrons. The summed E-state index contributed by atoms with van der Waals surface area (Å²) in [7, 11) is 1.38. The number of ether oxygens (including phenoxy) is 1. The van der Waals surface area contributed by atoms with Crippen molar-refractivity contribution in [3.63, 3.8) is 0 Å². The van der Waals surface area contributed by atoms with Gasteiger partial charge in [-0.1, -0.05) is 13.8 Å². The van der Waals surface area contributed by atoms with Gasteiger partial charge in [-0.15, -0.1) is 0 Å². The first kappa shape index (κ1) is 10.7. The molecule has 3 atom stereocenters. The predicted molar refractivity (Wildman–Crippen MR) is 55.1 cm³/mol. The lowest BCUT2D eigenvalue weighted by atomic mass is 9.73. The topological polar surface area (TPSA) is 43.4 Å². The van der Waals surface area contributed by atoms with Gasteiger partial charge < -0.3 is 4.74 Å². The minimum absolute atomic E-state index is 0.115. The Bertz CT molecular complexity index is 308. The molecule has 0 radical (unpaired) electrons. The van der Waals surface area contributed by atoms with Crippen molar-refractivity contribution in [1.29, 1.82) is 0 Å². The monoisotopic (exact) mass is 210 g/mol. The highest BCUT2D eigenvalue weighted by Crippen LogP contribution is 2.59. The molecule has 0 aromatic rings. The highest BCUT2D eigenvalue weighted by atomic mass is 16.5. The number of fused-ring (bicyclic) bond motifs is 2. The fourth-order valence-electron chi connectivity index (χ4n) is 3.78. The summed E-state index contributed by atoms with van der Waals surface area (Å²) in [6.45, 7) is 4.19. The molecule has 0 aromatic carbocycles. The molecule has 0 N–H and O–H groups in total. The fourth-order valence-corrected chi connectivity index (χ4v) is 3.78. The van der Waals surface area contributed by atoms with Gasteiger partial charge in [0.2, 0.25) is 0 Å². The van der Waals surface area contributed by atoms with Gasteiger partial charge in [-0.05, 0) is 30.6 Å². The number of methoxy groups -OCH3 is 1. The zero-order valence-corrected chi connectivity index (χ0v) is 9.58. The van der Waals surface area contributed by atoms with Crippen LogP contribution in [0.2, 0.25) is 0 Å². The normalized spacial score (nSPS) is 38.8. The number of ketones is 1. The van der Waals surface area contributed by atoms with Gasteiger partial charge in [0.25, 0.3) is 0 Å².